The molecule has 3 rings (SSSR count). The van der Waals surface area contributed by atoms with Crippen LogP contribution in [0.15, 0.2) is 47.4 Å². The number of hydrogen-bond donors (Lipinski definition) is 2. The van der Waals surface area contributed by atoms with Crippen LogP contribution in [0, 0.1) is 0 Å². The van der Waals surface area contributed by atoms with Crippen molar-refractivity contribution in [1.29, 1.82) is 0 Å². The Balaban J connectivity index is 1.64. The molecule has 0 aliphatic carbocycles. The standard InChI is InChI=1S/C23H26N4O6S2/c1-4-26(5-2)35(31,32)15-10-11-19(33-3)18(14-15)24-23(34)25-20(28)12-13-27-21(29)16-8-6-7-9-17(16)22(27)30/h6-11,14H,4-5,12-13H2,1-3H3,(H2,24,25,28,34). The van der Waals surface area contributed by atoms with Crippen molar-refractivity contribution >= 4 is 50.8 Å². The van der Waals surface area contributed by atoms with Gasteiger partial charge < -0.3 is 15.4 Å². The highest BCUT2D eigenvalue weighted by Gasteiger charge is 2.35. The lowest BCUT2D eigenvalue weighted by Gasteiger charge is -2.20. The fourth-order valence-electron chi connectivity index (χ4n) is 3.66. The fourth-order valence-corrected chi connectivity index (χ4v) is 5.36. The van der Waals surface area contributed by atoms with Crippen LogP contribution in [0.3, 0.4) is 0 Å². The summed E-state index contributed by atoms with van der Waals surface area (Å²) >= 11 is 5.20. The molecule has 12 heteroatoms. The molecule has 0 saturated carbocycles. The lowest BCUT2D eigenvalue weighted by molar-refractivity contribution is -0.119. The second kappa shape index (κ2) is 10.9. The van der Waals surface area contributed by atoms with Crippen molar-refractivity contribution in [2.75, 3.05) is 32.1 Å². The quantitative estimate of drug-likeness (QED) is 0.382. The summed E-state index contributed by atoms with van der Waals surface area (Å²) in [7, 11) is -2.30. The minimum Gasteiger partial charge on any atom is -0.495 e. The molecular weight excluding hydrogens is 492 g/mol. The highest BCUT2D eigenvalue weighted by atomic mass is 32.2. The Kier molecular flexibility index (Phi) is 8.20. The van der Waals surface area contributed by atoms with Gasteiger partial charge in [0.2, 0.25) is 15.9 Å². The molecule has 10 nitrogen and oxygen atoms in total. The Morgan fingerprint density at radius 2 is 1.66 bits per heavy atom. The molecule has 0 aromatic heterocycles. The van der Waals surface area contributed by atoms with Gasteiger partial charge in [-0.15, -0.1) is 0 Å². The fraction of sp³-hybridized carbons (Fsp3) is 0.304. The van der Waals surface area contributed by atoms with Gasteiger partial charge in [-0.1, -0.05) is 26.0 Å². The van der Waals surface area contributed by atoms with Gasteiger partial charge in [-0.25, -0.2) is 8.42 Å². The zero-order valence-electron chi connectivity index (χ0n) is 19.5. The normalized spacial score (nSPS) is 13.1. The van der Waals surface area contributed by atoms with Crippen molar-refractivity contribution < 1.29 is 27.5 Å². The number of methoxy groups -OCH3 is 1. The average Bonchev–Trinajstić information content (AvgIpc) is 3.07. The van der Waals surface area contributed by atoms with E-state index in [0.717, 1.165) is 4.90 Å². The van der Waals surface area contributed by atoms with E-state index < -0.39 is 27.7 Å². The molecule has 0 atom stereocenters. The van der Waals surface area contributed by atoms with E-state index in [2.05, 4.69) is 10.6 Å². The number of fused-ring (bicyclic) bond motifs is 1. The van der Waals surface area contributed by atoms with Crippen molar-refractivity contribution in [1.82, 2.24) is 14.5 Å². The third-order valence-corrected chi connectivity index (χ3v) is 7.71. The minimum atomic E-state index is -3.72. The average molecular weight is 519 g/mol. The summed E-state index contributed by atoms with van der Waals surface area (Å²) < 4.78 is 32.3. The second-order valence-electron chi connectivity index (χ2n) is 7.51. The summed E-state index contributed by atoms with van der Waals surface area (Å²) in [5, 5.41) is 5.17. The number of carbonyl (C=O) groups is 3. The Labute approximate surface area is 209 Å². The van der Waals surface area contributed by atoms with Crippen molar-refractivity contribution in [3.63, 3.8) is 0 Å². The maximum absolute atomic E-state index is 12.9. The summed E-state index contributed by atoms with van der Waals surface area (Å²) in [6.07, 6.45) is -0.166. The third kappa shape index (κ3) is 5.50. The smallest absolute Gasteiger partial charge is 0.261 e. The van der Waals surface area contributed by atoms with Gasteiger partial charge >= 0.3 is 0 Å². The maximum atomic E-state index is 12.9. The van der Waals surface area contributed by atoms with Crippen LogP contribution < -0.4 is 15.4 Å². The number of carbonyl (C=O) groups excluding carboxylic acids is 3. The van der Waals surface area contributed by atoms with E-state index in [1.54, 1.807) is 38.1 Å². The number of imide groups is 1. The largest absolute Gasteiger partial charge is 0.495 e. The van der Waals surface area contributed by atoms with Gasteiger partial charge in [0.25, 0.3) is 11.8 Å². The van der Waals surface area contributed by atoms with Crippen LogP contribution in [0.25, 0.3) is 0 Å². The molecule has 0 bridgehead atoms. The molecule has 0 spiro atoms. The molecule has 3 amide bonds. The van der Waals surface area contributed by atoms with Gasteiger partial charge in [0, 0.05) is 26.1 Å². The molecule has 0 fully saturated rings. The van der Waals surface area contributed by atoms with Crippen LogP contribution in [0.1, 0.15) is 41.0 Å². The third-order valence-electron chi connectivity index (χ3n) is 5.46. The predicted molar refractivity (Wildman–Crippen MR) is 134 cm³/mol. The topological polar surface area (TPSA) is 125 Å². The summed E-state index contributed by atoms with van der Waals surface area (Å²) in [6, 6.07) is 10.8. The molecule has 1 aliphatic heterocycles. The van der Waals surface area contributed by atoms with E-state index in [1.165, 1.54) is 29.6 Å². The summed E-state index contributed by atoms with van der Waals surface area (Å²) in [6.45, 7) is 4.01. The number of anilines is 1. The van der Waals surface area contributed by atoms with Crippen LogP contribution in [0.2, 0.25) is 0 Å². The van der Waals surface area contributed by atoms with E-state index in [1.807, 2.05) is 0 Å². The van der Waals surface area contributed by atoms with Crippen LogP contribution in [-0.4, -0.2) is 67.2 Å². The van der Waals surface area contributed by atoms with Crippen LogP contribution in [-0.2, 0) is 14.8 Å². The van der Waals surface area contributed by atoms with Crippen LogP contribution in [0.4, 0.5) is 5.69 Å². The second-order valence-corrected chi connectivity index (χ2v) is 9.86. The van der Waals surface area contributed by atoms with E-state index in [4.69, 9.17) is 17.0 Å². The van der Waals surface area contributed by atoms with E-state index in [0.29, 0.717) is 30.0 Å². The number of amides is 3. The molecule has 1 heterocycles. The van der Waals surface area contributed by atoms with Gasteiger partial charge in [-0.05, 0) is 42.5 Å². The number of hydrogen-bond acceptors (Lipinski definition) is 7. The van der Waals surface area contributed by atoms with Crippen molar-refractivity contribution in [3.05, 3.63) is 53.6 Å². The first kappa shape index (κ1) is 26.3. The monoisotopic (exact) mass is 518 g/mol. The molecule has 0 saturated heterocycles. The van der Waals surface area contributed by atoms with Crippen molar-refractivity contribution in [2.24, 2.45) is 0 Å². The number of nitrogens with zero attached hydrogens (tertiary/aromatic N) is 2. The summed E-state index contributed by atoms with van der Waals surface area (Å²) in [4.78, 5) is 38.3. The first-order chi connectivity index (χ1) is 16.6. The summed E-state index contributed by atoms with van der Waals surface area (Å²) in [5.74, 6) is -1.10. The predicted octanol–water partition coefficient (Wildman–Crippen LogP) is 2.22. The molecule has 1 aliphatic rings. The first-order valence-electron chi connectivity index (χ1n) is 10.9. The Bertz CT molecular complexity index is 1240. The zero-order chi connectivity index (χ0) is 25.8. The first-order valence-corrected chi connectivity index (χ1v) is 12.7. The Hall–Kier alpha value is -3.35. The van der Waals surface area contributed by atoms with Crippen LogP contribution >= 0.6 is 12.2 Å². The Morgan fingerprint density at radius 1 is 1.06 bits per heavy atom. The lowest BCUT2D eigenvalue weighted by atomic mass is 10.1. The Morgan fingerprint density at radius 3 is 2.20 bits per heavy atom. The van der Waals surface area contributed by atoms with E-state index in [9.17, 15) is 22.8 Å². The van der Waals surface area contributed by atoms with Gasteiger partial charge in [-0.2, -0.15) is 4.31 Å². The van der Waals surface area contributed by atoms with Gasteiger partial charge in [0.1, 0.15) is 5.75 Å². The number of nitrogens with one attached hydrogen (secondary N) is 2. The van der Waals surface area contributed by atoms with Crippen molar-refractivity contribution in [2.45, 2.75) is 25.2 Å². The molecule has 0 unspecified atom stereocenters. The van der Waals surface area contributed by atoms with Gasteiger partial charge in [-0.3, -0.25) is 19.3 Å². The SMILES string of the molecule is CCN(CC)S(=O)(=O)c1ccc(OC)c(NC(=S)NC(=O)CCN2C(=O)c3ccccc3C2=O)c1. The van der Waals surface area contributed by atoms with Crippen LogP contribution in [0.5, 0.6) is 5.75 Å². The molecular formula is C23H26N4O6S2. The van der Waals surface area contributed by atoms with Crippen molar-refractivity contribution in [3.8, 4) is 5.75 Å². The molecule has 0 radical (unpaired) electrons. The highest BCUT2D eigenvalue weighted by Crippen LogP contribution is 2.29. The maximum Gasteiger partial charge on any atom is 0.261 e. The number of ether oxygens (including phenoxy) is 1. The number of rotatable bonds is 9. The molecule has 2 aromatic carbocycles. The number of thiocarbonyl (C=S) groups is 1. The lowest BCUT2D eigenvalue weighted by Crippen LogP contribution is -2.38. The minimum absolute atomic E-state index is 0.0456. The molecule has 2 aromatic rings. The van der Waals surface area contributed by atoms with Gasteiger partial charge in [0.15, 0.2) is 5.11 Å². The molecule has 35 heavy (non-hydrogen) atoms. The summed E-state index contributed by atoms with van der Waals surface area (Å²) in [5.41, 5.74) is 0.870. The zero-order valence-corrected chi connectivity index (χ0v) is 21.2. The number of benzene rings is 2. The van der Waals surface area contributed by atoms with E-state index in [-0.39, 0.29) is 28.7 Å². The number of sulfonamides is 1. The van der Waals surface area contributed by atoms with Gasteiger partial charge in [0.05, 0.1) is 28.8 Å². The van der Waals surface area contributed by atoms with E-state index >= 15 is 0 Å². The molecule has 186 valence electrons. The highest BCUT2D eigenvalue weighted by molar-refractivity contribution is 7.89. The molecule has 2 N–H and O–H groups in total.